The Balaban J connectivity index is 1.70. The number of para-hydroxylation sites is 1. The lowest BCUT2D eigenvalue weighted by atomic mass is 9.84. The number of amides is 1. The van der Waals surface area contributed by atoms with Gasteiger partial charge in [-0.3, -0.25) is 4.79 Å². The normalized spacial score (nSPS) is 15.4. The monoisotopic (exact) mass is 553 g/mol. The summed E-state index contributed by atoms with van der Waals surface area (Å²) >= 11 is 0.922. The number of alkyl halides is 3. The van der Waals surface area contributed by atoms with Gasteiger partial charge in [-0.25, -0.2) is 4.79 Å². The molecule has 2 N–H and O–H groups in total. The van der Waals surface area contributed by atoms with E-state index >= 15 is 0 Å². The Hall–Kier alpha value is -4.43. The first-order valence-corrected chi connectivity index (χ1v) is 12.7. The minimum absolute atomic E-state index is 0.0983. The van der Waals surface area contributed by atoms with E-state index in [0.717, 1.165) is 17.8 Å². The standard InChI is InChI=1S/C28H22F3N3O4S/c1-2-37-27(36)24-23(21-13-8-14-38-21)18(15-32)26(34-25(24)17-9-4-3-5-10-17)39-16-22(35)33-20-12-7-6-11-19(20)28(29,30)31/h3-14,23,34H,2,16H2,1H3,(H,33,35). The van der Waals surface area contributed by atoms with Gasteiger partial charge < -0.3 is 19.8 Å². The van der Waals surface area contributed by atoms with Crippen LogP contribution in [0.1, 0.15) is 29.7 Å². The minimum Gasteiger partial charge on any atom is -0.468 e. The number of carbonyl (C=O) groups excluding carboxylic acids is 2. The molecule has 0 saturated heterocycles. The number of dihydropyridines is 1. The van der Waals surface area contributed by atoms with Gasteiger partial charge in [0.25, 0.3) is 0 Å². The van der Waals surface area contributed by atoms with Crippen molar-refractivity contribution in [3.05, 3.63) is 106 Å². The number of rotatable bonds is 8. The molecule has 1 aromatic heterocycles. The van der Waals surface area contributed by atoms with Crippen LogP contribution in [0.3, 0.4) is 0 Å². The van der Waals surface area contributed by atoms with E-state index in [9.17, 15) is 28.0 Å². The molecule has 0 bridgehead atoms. The van der Waals surface area contributed by atoms with Crippen molar-refractivity contribution in [1.82, 2.24) is 5.32 Å². The Morgan fingerprint density at radius 2 is 1.82 bits per heavy atom. The second-order valence-corrected chi connectivity index (χ2v) is 9.17. The van der Waals surface area contributed by atoms with Crippen LogP contribution in [0.2, 0.25) is 0 Å². The number of nitriles is 1. The van der Waals surface area contributed by atoms with Gasteiger partial charge in [-0.1, -0.05) is 54.2 Å². The number of furan rings is 1. The summed E-state index contributed by atoms with van der Waals surface area (Å²) in [4.78, 5) is 25.9. The van der Waals surface area contributed by atoms with Gasteiger partial charge in [-0.05, 0) is 36.8 Å². The highest BCUT2D eigenvalue weighted by molar-refractivity contribution is 8.03. The van der Waals surface area contributed by atoms with Crippen LogP contribution in [0, 0.1) is 11.3 Å². The van der Waals surface area contributed by atoms with E-state index in [4.69, 9.17) is 9.15 Å². The molecule has 3 aromatic rings. The molecular formula is C28H22F3N3O4S. The Morgan fingerprint density at radius 3 is 2.46 bits per heavy atom. The van der Waals surface area contributed by atoms with Gasteiger partial charge in [0.15, 0.2) is 0 Å². The van der Waals surface area contributed by atoms with Gasteiger partial charge >= 0.3 is 12.1 Å². The number of thioether (sulfide) groups is 1. The summed E-state index contributed by atoms with van der Waals surface area (Å²) in [6.07, 6.45) is -3.23. The van der Waals surface area contributed by atoms with E-state index in [1.54, 1.807) is 49.4 Å². The minimum atomic E-state index is -4.65. The van der Waals surface area contributed by atoms with Crippen LogP contribution in [-0.4, -0.2) is 24.2 Å². The molecular weight excluding hydrogens is 531 g/mol. The molecule has 1 atom stereocenters. The van der Waals surface area contributed by atoms with Crippen molar-refractivity contribution >= 4 is 35.0 Å². The smallest absolute Gasteiger partial charge is 0.418 e. The molecule has 2 aromatic carbocycles. The summed E-state index contributed by atoms with van der Waals surface area (Å²) in [5, 5.41) is 15.8. The molecule has 0 saturated carbocycles. The summed E-state index contributed by atoms with van der Waals surface area (Å²) in [5.74, 6) is -2.31. The number of ether oxygens (including phenoxy) is 1. The van der Waals surface area contributed by atoms with E-state index in [1.165, 1.54) is 24.5 Å². The third-order valence-electron chi connectivity index (χ3n) is 5.69. The summed E-state index contributed by atoms with van der Waals surface area (Å²) in [6, 6.07) is 18.9. The lowest BCUT2D eigenvalue weighted by Crippen LogP contribution is -2.29. The molecule has 39 heavy (non-hydrogen) atoms. The summed E-state index contributed by atoms with van der Waals surface area (Å²) in [7, 11) is 0. The molecule has 1 amide bonds. The number of hydrogen-bond acceptors (Lipinski definition) is 7. The van der Waals surface area contributed by atoms with Gasteiger partial charge in [0.2, 0.25) is 5.91 Å². The van der Waals surface area contributed by atoms with Gasteiger partial charge in [0, 0.05) is 0 Å². The van der Waals surface area contributed by atoms with Crippen molar-refractivity contribution in [2.45, 2.75) is 19.0 Å². The first-order chi connectivity index (χ1) is 18.7. The van der Waals surface area contributed by atoms with Gasteiger partial charge in [0.05, 0.1) is 63.7 Å². The SMILES string of the molecule is CCOC(=O)C1=C(c2ccccc2)NC(SCC(=O)Nc2ccccc2C(F)(F)F)=C(C#N)C1c1ccco1. The topological polar surface area (TPSA) is 104 Å². The number of anilines is 1. The van der Waals surface area contributed by atoms with Crippen molar-refractivity contribution in [3.8, 4) is 6.07 Å². The molecule has 11 heteroatoms. The first-order valence-electron chi connectivity index (χ1n) is 11.7. The Morgan fingerprint density at radius 1 is 1.10 bits per heavy atom. The number of benzene rings is 2. The molecule has 0 radical (unpaired) electrons. The van der Waals surface area contributed by atoms with Gasteiger partial charge in [-0.2, -0.15) is 18.4 Å². The summed E-state index contributed by atoms with van der Waals surface area (Å²) in [6.45, 7) is 1.76. The van der Waals surface area contributed by atoms with Crippen LogP contribution in [0.25, 0.3) is 5.70 Å². The van der Waals surface area contributed by atoms with E-state index in [2.05, 4.69) is 16.7 Å². The Labute approximate surface area is 226 Å². The van der Waals surface area contributed by atoms with Gasteiger partial charge in [0.1, 0.15) is 5.76 Å². The highest BCUT2D eigenvalue weighted by Gasteiger charge is 2.39. The highest BCUT2D eigenvalue weighted by atomic mass is 32.2. The van der Waals surface area contributed by atoms with Crippen molar-refractivity contribution < 1.29 is 31.9 Å². The first kappa shape index (κ1) is 27.6. The summed E-state index contributed by atoms with van der Waals surface area (Å²) < 4.78 is 51.0. The van der Waals surface area contributed by atoms with Crippen molar-refractivity contribution in [1.29, 1.82) is 5.26 Å². The Bertz CT molecular complexity index is 1460. The molecule has 2 heterocycles. The maximum Gasteiger partial charge on any atom is 0.418 e. The largest absolute Gasteiger partial charge is 0.468 e. The molecule has 1 unspecified atom stereocenters. The third-order valence-corrected chi connectivity index (χ3v) is 6.71. The zero-order valence-electron chi connectivity index (χ0n) is 20.5. The van der Waals surface area contributed by atoms with Crippen molar-refractivity contribution in [3.63, 3.8) is 0 Å². The zero-order chi connectivity index (χ0) is 28.0. The molecule has 1 aliphatic rings. The fourth-order valence-corrected chi connectivity index (χ4v) is 4.90. The van der Waals surface area contributed by atoms with Crippen molar-refractivity contribution in [2.24, 2.45) is 0 Å². The lowest BCUT2D eigenvalue weighted by molar-refractivity contribution is -0.139. The number of carbonyl (C=O) groups is 2. The number of halogens is 3. The second kappa shape index (κ2) is 12.0. The van der Waals surface area contributed by atoms with Crippen LogP contribution >= 0.6 is 11.8 Å². The second-order valence-electron chi connectivity index (χ2n) is 8.18. The van der Waals surface area contributed by atoms with Crippen LogP contribution < -0.4 is 10.6 Å². The van der Waals surface area contributed by atoms with E-state index in [-0.39, 0.29) is 34.2 Å². The van der Waals surface area contributed by atoms with E-state index < -0.39 is 29.5 Å². The lowest BCUT2D eigenvalue weighted by Gasteiger charge is -2.29. The summed E-state index contributed by atoms with van der Waals surface area (Å²) in [5.41, 5.74) is -0.105. The zero-order valence-corrected chi connectivity index (χ0v) is 21.4. The number of esters is 1. The molecule has 200 valence electrons. The molecule has 7 nitrogen and oxygen atoms in total. The average molecular weight is 554 g/mol. The maximum atomic E-state index is 13.3. The van der Waals surface area contributed by atoms with Crippen molar-refractivity contribution in [2.75, 3.05) is 17.7 Å². The fraction of sp³-hybridized carbons (Fsp3) is 0.179. The predicted molar refractivity (Wildman–Crippen MR) is 140 cm³/mol. The molecule has 0 aliphatic carbocycles. The quantitative estimate of drug-likeness (QED) is 0.327. The molecule has 4 rings (SSSR count). The van der Waals surface area contributed by atoms with Crippen LogP contribution in [0.5, 0.6) is 0 Å². The average Bonchev–Trinajstić information content (AvgIpc) is 3.46. The van der Waals surface area contributed by atoms with Gasteiger partial charge in [-0.15, -0.1) is 0 Å². The number of allylic oxidation sites excluding steroid dienone is 1. The predicted octanol–water partition coefficient (Wildman–Crippen LogP) is 6.07. The molecule has 0 spiro atoms. The maximum absolute atomic E-state index is 13.3. The van der Waals surface area contributed by atoms with E-state index in [1.807, 2.05) is 0 Å². The number of nitrogens with one attached hydrogen (secondary N) is 2. The number of hydrogen-bond donors (Lipinski definition) is 2. The van der Waals surface area contributed by atoms with E-state index in [0.29, 0.717) is 17.0 Å². The van der Waals surface area contributed by atoms with Crippen LogP contribution in [0.15, 0.2) is 93.6 Å². The fourth-order valence-electron chi connectivity index (χ4n) is 4.06. The Kier molecular flexibility index (Phi) is 8.46. The molecule has 1 aliphatic heterocycles. The van der Waals surface area contributed by atoms with Crippen LogP contribution in [0.4, 0.5) is 18.9 Å². The highest BCUT2D eigenvalue weighted by Crippen LogP contribution is 2.43. The third kappa shape index (κ3) is 6.18. The number of nitrogens with zero attached hydrogens (tertiary/aromatic N) is 1. The van der Waals surface area contributed by atoms with Crippen LogP contribution in [-0.2, 0) is 20.5 Å². The molecule has 0 fully saturated rings.